The molecule has 0 fully saturated rings. The second-order valence-electron chi connectivity index (χ2n) is 8.27. The van der Waals surface area contributed by atoms with Crippen LogP contribution in [0.4, 0.5) is 5.69 Å². The van der Waals surface area contributed by atoms with Gasteiger partial charge >= 0.3 is 0 Å². The van der Waals surface area contributed by atoms with E-state index in [0.29, 0.717) is 22.9 Å². The molecule has 0 unspecified atom stereocenters. The van der Waals surface area contributed by atoms with Crippen LogP contribution in [0.1, 0.15) is 5.56 Å². The summed E-state index contributed by atoms with van der Waals surface area (Å²) < 4.78 is 40.6. The standard InChI is InChI=1S/C26H25Cl2N3O4S/c1-31(2)13-14-34-24-15-18(11-12-20(24)27)17-35-26-23(16-19-7-3-5-9-22(19)29-26)30-36(32,33)25-10-6-4-8-21(25)28/h3-12,15-16,30H,13-14,17H2,1-2H3. The van der Waals surface area contributed by atoms with Crippen LogP contribution in [0.3, 0.4) is 0 Å². The van der Waals surface area contributed by atoms with Gasteiger partial charge in [-0.25, -0.2) is 13.4 Å². The van der Waals surface area contributed by atoms with Gasteiger partial charge < -0.3 is 14.4 Å². The molecular formula is C26H25Cl2N3O4S. The Labute approximate surface area is 220 Å². The first-order valence-corrected chi connectivity index (χ1v) is 13.3. The number of aromatic nitrogens is 1. The lowest BCUT2D eigenvalue weighted by Gasteiger charge is -2.16. The number of pyridine rings is 1. The number of rotatable bonds is 10. The van der Waals surface area contributed by atoms with E-state index in [2.05, 4.69) is 9.71 Å². The lowest BCUT2D eigenvalue weighted by molar-refractivity contribution is 0.260. The van der Waals surface area contributed by atoms with Crippen LogP contribution < -0.4 is 14.2 Å². The van der Waals surface area contributed by atoms with Crippen molar-refractivity contribution in [3.05, 3.63) is 88.4 Å². The molecule has 1 heterocycles. The van der Waals surface area contributed by atoms with Crippen LogP contribution in [0.2, 0.25) is 10.0 Å². The first-order chi connectivity index (χ1) is 17.2. The first-order valence-electron chi connectivity index (χ1n) is 11.1. The van der Waals surface area contributed by atoms with Crippen LogP contribution in [0.25, 0.3) is 10.9 Å². The average molecular weight is 546 g/mol. The molecule has 0 saturated heterocycles. The summed E-state index contributed by atoms with van der Waals surface area (Å²) in [5.74, 6) is 0.681. The zero-order valence-corrected chi connectivity index (χ0v) is 22.1. The van der Waals surface area contributed by atoms with Gasteiger partial charge in [0.15, 0.2) is 0 Å². The minimum Gasteiger partial charge on any atom is -0.491 e. The molecule has 0 spiro atoms. The van der Waals surface area contributed by atoms with Gasteiger partial charge in [-0.2, -0.15) is 0 Å². The fourth-order valence-corrected chi connectivity index (χ4v) is 5.12. The predicted molar refractivity (Wildman–Crippen MR) is 144 cm³/mol. The van der Waals surface area contributed by atoms with Gasteiger partial charge in [0, 0.05) is 11.9 Å². The van der Waals surface area contributed by atoms with Gasteiger partial charge in [0.2, 0.25) is 5.88 Å². The summed E-state index contributed by atoms with van der Waals surface area (Å²) in [6, 6.07) is 20.6. The third-order valence-corrected chi connectivity index (χ3v) is 7.40. The summed E-state index contributed by atoms with van der Waals surface area (Å²) in [7, 11) is -0.0678. The van der Waals surface area contributed by atoms with Crippen LogP contribution in [0.5, 0.6) is 11.6 Å². The van der Waals surface area contributed by atoms with Crippen molar-refractivity contribution < 1.29 is 17.9 Å². The highest BCUT2D eigenvalue weighted by atomic mass is 35.5. The summed E-state index contributed by atoms with van der Waals surface area (Å²) in [5, 5.41) is 1.36. The van der Waals surface area contributed by atoms with Crippen LogP contribution in [0, 0.1) is 0 Å². The lowest BCUT2D eigenvalue weighted by atomic mass is 10.2. The number of sulfonamides is 1. The molecule has 0 saturated carbocycles. The van der Waals surface area contributed by atoms with E-state index in [9.17, 15) is 8.42 Å². The third kappa shape index (κ3) is 6.39. The number of nitrogens with zero attached hydrogens (tertiary/aromatic N) is 2. The van der Waals surface area contributed by atoms with E-state index < -0.39 is 10.0 Å². The number of nitrogens with one attached hydrogen (secondary N) is 1. The molecule has 0 bridgehead atoms. The number of ether oxygens (including phenoxy) is 2. The number of benzene rings is 3. The largest absolute Gasteiger partial charge is 0.491 e. The van der Waals surface area contributed by atoms with Crippen molar-refractivity contribution >= 4 is 49.8 Å². The van der Waals surface area contributed by atoms with Crippen molar-refractivity contribution in [3.63, 3.8) is 0 Å². The van der Waals surface area contributed by atoms with Gasteiger partial charge in [0.05, 0.1) is 15.6 Å². The smallest absolute Gasteiger partial charge is 0.263 e. The van der Waals surface area contributed by atoms with E-state index in [1.165, 1.54) is 12.1 Å². The Morgan fingerprint density at radius 3 is 2.44 bits per heavy atom. The highest BCUT2D eigenvalue weighted by Gasteiger charge is 2.21. The van der Waals surface area contributed by atoms with Crippen molar-refractivity contribution in [2.24, 2.45) is 0 Å². The Morgan fingerprint density at radius 2 is 1.67 bits per heavy atom. The zero-order valence-electron chi connectivity index (χ0n) is 19.7. The van der Waals surface area contributed by atoms with Crippen molar-refractivity contribution in [1.29, 1.82) is 0 Å². The quantitative estimate of drug-likeness (QED) is 0.268. The number of halogens is 2. The van der Waals surface area contributed by atoms with Gasteiger partial charge in [0.1, 0.15) is 29.5 Å². The third-order valence-electron chi connectivity index (χ3n) is 5.23. The maximum absolute atomic E-state index is 13.1. The molecule has 4 aromatic rings. The molecule has 7 nitrogen and oxygen atoms in total. The molecule has 0 radical (unpaired) electrons. The van der Waals surface area contributed by atoms with Gasteiger partial charge in [-0.3, -0.25) is 4.72 Å². The minimum absolute atomic E-state index is 0.0389. The highest BCUT2D eigenvalue weighted by molar-refractivity contribution is 7.92. The Balaban J connectivity index is 1.61. The van der Waals surface area contributed by atoms with Crippen molar-refractivity contribution in [2.45, 2.75) is 11.5 Å². The fourth-order valence-electron chi connectivity index (χ4n) is 3.38. The number of fused-ring (bicyclic) bond motifs is 1. The van der Waals surface area contributed by atoms with Crippen molar-refractivity contribution in [2.75, 3.05) is 32.0 Å². The van der Waals surface area contributed by atoms with Crippen LogP contribution in [-0.4, -0.2) is 45.5 Å². The second-order valence-corrected chi connectivity index (χ2v) is 10.7. The molecule has 10 heteroatoms. The maximum atomic E-state index is 13.1. The normalized spacial score (nSPS) is 11.6. The highest BCUT2D eigenvalue weighted by Crippen LogP contribution is 2.32. The topological polar surface area (TPSA) is 80.8 Å². The van der Waals surface area contributed by atoms with E-state index in [4.69, 9.17) is 32.7 Å². The predicted octanol–water partition coefficient (Wildman–Crippen LogP) is 5.86. The molecule has 0 atom stereocenters. The van der Waals surface area contributed by atoms with Crippen LogP contribution >= 0.6 is 23.2 Å². The number of para-hydroxylation sites is 1. The molecule has 3 aromatic carbocycles. The molecule has 36 heavy (non-hydrogen) atoms. The van der Waals surface area contributed by atoms with E-state index in [0.717, 1.165) is 17.5 Å². The van der Waals surface area contributed by atoms with E-state index >= 15 is 0 Å². The Hall–Kier alpha value is -3.04. The number of hydrogen-bond donors (Lipinski definition) is 1. The molecule has 1 N–H and O–H groups in total. The zero-order chi connectivity index (χ0) is 25.7. The summed E-state index contributed by atoms with van der Waals surface area (Å²) in [6.07, 6.45) is 0. The Bertz CT molecular complexity index is 1480. The van der Waals surface area contributed by atoms with Crippen molar-refractivity contribution in [1.82, 2.24) is 9.88 Å². The summed E-state index contributed by atoms with van der Waals surface area (Å²) >= 11 is 12.4. The van der Waals surface area contributed by atoms with Gasteiger partial charge in [-0.1, -0.05) is 59.6 Å². The molecule has 0 aliphatic heterocycles. The lowest BCUT2D eigenvalue weighted by Crippen LogP contribution is -2.19. The summed E-state index contributed by atoms with van der Waals surface area (Å²) in [6.45, 7) is 1.34. The van der Waals surface area contributed by atoms with Gasteiger partial charge in [0.25, 0.3) is 10.0 Å². The first kappa shape index (κ1) is 26.0. The molecule has 188 valence electrons. The van der Waals surface area contributed by atoms with Crippen LogP contribution in [0.15, 0.2) is 77.7 Å². The van der Waals surface area contributed by atoms with Gasteiger partial charge in [-0.05, 0) is 56.1 Å². The molecule has 0 amide bonds. The molecule has 0 aliphatic carbocycles. The van der Waals surface area contributed by atoms with E-state index in [1.54, 1.807) is 30.3 Å². The fraction of sp³-hybridized carbons (Fsp3) is 0.192. The molecule has 1 aromatic heterocycles. The Morgan fingerprint density at radius 1 is 0.917 bits per heavy atom. The number of hydrogen-bond acceptors (Lipinski definition) is 6. The molecular weight excluding hydrogens is 521 g/mol. The summed E-state index contributed by atoms with van der Waals surface area (Å²) in [5.41, 5.74) is 1.65. The SMILES string of the molecule is CN(C)CCOc1cc(COc2nc3ccccc3cc2NS(=O)(=O)c2ccccc2Cl)ccc1Cl. The van der Waals surface area contributed by atoms with E-state index in [-0.39, 0.29) is 28.1 Å². The minimum atomic E-state index is -3.99. The number of likely N-dealkylation sites (N-methyl/N-ethyl adjacent to an activating group) is 1. The van der Waals surface area contributed by atoms with E-state index in [1.807, 2.05) is 49.3 Å². The number of anilines is 1. The summed E-state index contributed by atoms with van der Waals surface area (Å²) in [4.78, 5) is 6.53. The second kappa shape index (κ2) is 11.3. The maximum Gasteiger partial charge on any atom is 0.263 e. The van der Waals surface area contributed by atoms with Crippen molar-refractivity contribution in [3.8, 4) is 11.6 Å². The average Bonchev–Trinajstić information content (AvgIpc) is 2.84. The van der Waals surface area contributed by atoms with Crippen LogP contribution in [-0.2, 0) is 16.6 Å². The monoisotopic (exact) mass is 545 g/mol. The molecule has 0 aliphatic rings. The van der Waals surface area contributed by atoms with Gasteiger partial charge in [-0.15, -0.1) is 0 Å². The molecule has 4 rings (SSSR count). The Kier molecular flexibility index (Phi) is 8.21.